The summed E-state index contributed by atoms with van der Waals surface area (Å²) in [6.07, 6.45) is 4.74. The van der Waals surface area contributed by atoms with E-state index in [1.165, 1.54) is 29.2 Å². The number of fused-ring (bicyclic) bond motifs is 1. The Hall–Kier alpha value is -1.91. The van der Waals surface area contributed by atoms with E-state index in [1.807, 2.05) is 0 Å². The Kier molecular flexibility index (Phi) is 6.05. The van der Waals surface area contributed by atoms with Gasteiger partial charge in [0.15, 0.2) is 0 Å². The highest BCUT2D eigenvalue weighted by molar-refractivity contribution is 5.86. The average molecular weight is 340 g/mol. The summed E-state index contributed by atoms with van der Waals surface area (Å²) in [4.78, 5) is 15.1. The standard InChI is InChI=1S/C21H28N2O2/c1-25-19(14-22)13-21(24)23(18-10-3-4-11-18)15-17-9-6-8-16-7-2-5-12-20(16)17/h2,5-9,12,18-19H,3-4,10-11,13-15,22H2,1H3. The number of carbonyl (C=O) groups excluding carboxylic acids is 1. The van der Waals surface area contributed by atoms with Gasteiger partial charge in [0.2, 0.25) is 5.91 Å². The van der Waals surface area contributed by atoms with Gasteiger partial charge in [-0.15, -0.1) is 0 Å². The lowest BCUT2D eigenvalue weighted by Crippen LogP contribution is -2.41. The van der Waals surface area contributed by atoms with Crippen molar-refractivity contribution in [3.05, 3.63) is 48.0 Å². The van der Waals surface area contributed by atoms with Crippen molar-refractivity contribution in [1.29, 1.82) is 0 Å². The molecule has 1 atom stereocenters. The van der Waals surface area contributed by atoms with Crippen molar-refractivity contribution in [1.82, 2.24) is 4.90 Å². The van der Waals surface area contributed by atoms with Crippen molar-refractivity contribution < 1.29 is 9.53 Å². The summed E-state index contributed by atoms with van der Waals surface area (Å²) < 4.78 is 5.33. The molecule has 4 nitrogen and oxygen atoms in total. The van der Waals surface area contributed by atoms with E-state index in [0.29, 0.717) is 25.6 Å². The largest absolute Gasteiger partial charge is 0.380 e. The second kappa shape index (κ2) is 8.45. The molecule has 1 aliphatic carbocycles. The molecule has 2 N–H and O–H groups in total. The molecule has 1 saturated carbocycles. The van der Waals surface area contributed by atoms with Gasteiger partial charge in [-0.25, -0.2) is 0 Å². The molecule has 2 aromatic rings. The summed E-state index contributed by atoms with van der Waals surface area (Å²) in [6, 6.07) is 15.0. The molecular formula is C21H28N2O2. The van der Waals surface area contributed by atoms with E-state index < -0.39 is 0 Å². The second-order valence-electron chi connectivity index (χ2n) is 6.90. The summed E-state index contributed by atoms with van der Waals surface area (Å²) in [5.41, 5.74) is 6.92. The summed E-state index contributed by atoms with van der Waals surface area (Å²) in [6.45, 7) is 1.03. The molecular weight excluding hydrogens is 312 g/mol. The number of benzene rings is 2. The minimum atomic E-state index is -0.205. The predicted octanol–water partition coefficient (Wildman–Crippen LogP) is 3.47. The van der Waals surface area contributed by atoms with E-state index >= 15 is 0 Å². The Morgan fingerprint density at radius 3 is 2.64 bits per heavy atom. The molecule has 1 amide bonds. The highest BCUT2D eigenvalue weighted by Crippen LogP contribution is 2.28. The Balaban J connectivity index is 1.85. The van der Waals surface area contributed by atoms with Gasteiger partial charge in [-0.1, -0.05) is 55.3 Å². The van der Waals surface area contributed by atoms with Crippen LogP contribution in [0.3, 0.4) is 0 Å². The van der Waals surface area contributed by atoms with E-state index in [4.69, 9.17) is 10.5 Å². The quantitative estimate of drug-likeness (QED) is 0.839. The lowest BCUT2D eigenvalue weighted by Gasteiger charge is -2.31. The van der Waals surface area contributed by atoms with Crippen LogP contribution in [-0.4, -0.2) is 36.6 Å². The molecule has 0 aromatic heterocycles. The Morgan fingerprint density at radius 2 is 1.92 bits per heavy atom. The van der Waals surface area contributed by atoms with Gasteiger partial charge in [0.05, 0.1) is 12.5 Å². The van der Waals surface area contributed by atoms with Gasteiger partial charge < -0.3 is 15.4 Å². The molecule has 0 bridgehead atoms. The molecule has 0 aliphatic heterocycles. The van der Waals surface area contributed by atoms with E-state index in [2.05, 4.69) is 47.4 Å². The Bertz CT molecular complexity index is 701. The number of hydrogen-bond acceptors (Lipinski definition) is 3. The van der Waals surface area contributed by atoms with Crippen molar-refractivity contribution in [2.75, 3.05) is 13.7 Å². The molecule has 4 heteroatoms. The van der Waals surface area contributed by atoms with Gasteiger partial charge >= 0.3 is 0 Å². The molecule has 134 valence electrons. The molecule has 0 radical (unpaired) electrons. The fourth-order valence-electron chi connectivity index (χ4n) is 3.83. The van der Waals surface area contributed by atoms with Crippen molar-refractivity contribution in [3.8, 4) is 0 Å². The summed E-state index contributed by atoms with van der Waals surface area (Å²) in [5.74, 6) is 0.150. The van der Waals surface area contributed by atoms with Crippen LogP contribution in [0, 0.1) is 0 Å². The monoisotopic (exact) mass is 340 g/mol. The third-order valence-electron chi connectivity index (χ3n) is 5.30. The van der Waals surface area contributed by atoms with Crippen LogP contribution >= 0.6 is 0 Å². The van der Waals surface area contributed by atoms with Gasteiger partial charge in [-0.2, -0.15) is 0 Å². The number of hydrogen-bond donors (Lipinski definition) is 1. The summed E-state index contributed by atoms with van der Waals surface area (Å²) in [5, 5.41) is 2.44. The average Bonchev–Trinajstić information content (AvgIpc) is 3.18. The number of nitrogens with zero attached hydrogens (tertiary/aromatic N) is 1. The first-order valence-electron chi connectivity index (χ1n) is 9.22. The van der Waals surface area contributed by atoms with Crippen LogP contribution < -0.4 is 5.73 Å². The highest BCUT2D eigenvalue weighted by Gasteiger charge is 2.28. The maximum Gasteiger partial charge on any atom is 0.225 e. The lowest BCUT2D eigenvalue weighted by molar-refractivity contribution is -0.136. The third-order valence-corrected chi connectivity index (χ3v) is 5.30. The second-order valence-corrected chi connectivity index (χ2v) is 6.90. The number of methoxy groups -OCH3 is 1. The van der Waals surface area contributed by atoms with Crippen molar-refractivity contribution >= 4 is 16.7 Å². The lowest BCUT2D eigenvalue weighted by atomic mass is 10.0. The first-order chi connectivity index (χ1) is 12.2. The number of amides is 1. The van der Waals surface area contributed by atoms with Crippen LogP contribution in [0.1, 0.15) is 37.7 Å². The zero-order valence-corrected chi connectivity index (χ0v) is 15.0. The first kappa shape index (κ1) is 17.9. The number of ether oxygens (including phenoxy) is 1. The van der Waals surface area contributed by atoms with Crippen LogP contribution in [0.15, 0.2) is 42.5 Å². The van der Waals surface area contributed by atoms with Crippen molar-refractivity contribution in [2.45, 2.75) is 50.8 Å². The van der Waals surface area contributed by atoms with Crippen molar-refractivity contribution in [2.24, 2.45) is 5.73 Å². The van der Waals surface area contributed by atoms with E-state index in [1.54, 1.807) is 7.11 Å². The van der Waals surface area contributed by atoms with Crippen LogP contribution in [0.4, 0.5) is 0 Å². The molecule has 3 rings (SSSR count). The SMILES string of the molecule is COC(CN)CC(=O)N(Cc1cccc2ccccc12)C1CCCC1. The van der Waals surface area contributed by atoms with Crippen molar-refractivity contribution in [3.63, 3.8) is 0 Å². The van der Waals surface area contributed by atoms with Crippen LogP contribution in [-0.2, 0) is 16.1 Å². The number of carbonyl (C=O) groups is 1. The fraction of sp³-hybridized carbons (Fsp3) is 0.476. The maximum atomic E-state index is 13.0. The van der Waals surface area contributed by atoms with Gasteiger partial charge in [0.25, 0.3) is 0 Å². The topological polar surface area (TPSA) is 55.6 Å². The molecule has 1 unspecified atom stereocenters. The van der Waals surface area contributed by atoms with Gasteiger partial charge in [0.1, 0.15) is 0 Å². The van der Waals surface area contributed by atoms with Gasteiger partial charge in [-0.3, -0.25) is 4.79 Å². The molecule has 1 fully saturated rings. The maximum absolute atomic E-state index is 13.0. The Labute approximate surface area is 149 Å². The van der Waals surface area contributed by atoms with E-state index in [-0.39, 0.29) is 12.0 Å². The molecule has 0 heterocycles. The molecule has 0 spiro atoms. The minimum Gasteiger partial charge on any atom is -0.380 e. The zero-order valence-electron chi connectivity index (χ0n) is 15.0. The normalized spacial score (nSPS) is 16.2. The number of rotatable bonds is 7. The van der Waals surface area contributed by atoms with Gasteiger partial charge in [0, 0.05) is 26.2 Å². The molecule has 0 saturated heterocycles. The summed E-state index contributed by atoms with van der Waals surface area (Å²) in [7, 11) is 1.62. The molecule has 1 aliphatic rings. The van der Waals surface area contributed by atoms with Crippen LogP contribution in [0.5, 0.6) is 0 Å². The highest BCUT2D eigenvalue weighted by atomic mass is 16.5. The van der Waals surface area contributed by atoms with E-state index in [9.17, 15) is 4.79 Å². The smallest absolute Gasteiger partial charge is 0.225 e. The number of nitrogens with two attached hydrogens (primary N) is 1. The molecule has 2 aromatic carbocycles. The zero-order chi connectivity index (χ0) is 17.6. The third kappa shape index (κ3) is 4.20. The van der Waals surface area contributed by atoms with Gasteiger partial charge in [-0.05, 0) is 29.2 Å². The van der Waals surface area contributed by atoms with Crippen LogP contribution in [0.2, 0.25) is 0 Å². The molecule has 25 heavy (non-hydrogen) atoms. The van der Waals surface area contributed by atoms with Crippen LogP contribution in [0.25, 0.3) is 10.8 Å². The fourth-order valence-corrected chi connectivity index (χ4v) is 3.83. The predicted molar refractivity (Wildman–Crippen MR) is 101 cm³/mol. The minimum absolute atomic E-state index is 0.150. The Morgan fingerprint density at radius 1 is 1.20 bits per heavy atom. The summed E-state index contributed by atoms with van der Waals surface area (Å²) >= 11 is 0. The van der Waals surface area contributed by atoms with E-state index in [0.717, 1.165) is 12.8 Å². The first-order valence-corrected chi connectivity index (χ1v) is 9.22.